The first-order valence-corrected chi connectivity index (χ1v) is 11.1. The zero-order chi connectivity index (χ0) is 25.0. The molecule has 0 bridgehead atoms. The molecular formula is C21H18ClF4N5O2S. The highest BCUT2D eigenvalue weighted by molar-refractivity contribution is 7.99. The molecular weight excluding hydrogens is 498 g/mol. The van der Waals surface area contributed by atoms with Gasteiger partial charge >= 0.3 is 6.18 Å². The van der Waals surface area contributed by atoms with Crippen molar-refractivity contribution in [1.29, 1.82) is 0 Å². The van der Waals surface area contributed by atoms with Gasteiger partial charge in [0, 0.05) is 12.6 Å². The van der Waals surface area contributed by atoms with Crippen LogP contribution in [0.15, 0.2) is 47.6 Å². The molecule has 0 fully saturated rings. The van der Waals surface area contributed by atoms with Crippen LogP contribution in [-0.2, 0) is 18.0 Å². The van der Waals surface area contributed by atoms with Crippen molar-refractivity contribution in [3.05, 3.63) is 70.3 Å². The van der Waals surface area contributed by atoms with E-state index in [1.165, 1.54) is 24.3 Å². The average molecular weight is 516 g/mol. The SMILES string of the molecule is CC(NC(=O)c1ccc(F)cc1)c1nnc(SCC(=O)Nc2cc(C(F)(F)F)ccc2Cl)n1C. The first kappa shape index (κ1) is 25.5. The highest BCUT2D eigenvalue weighted by Crippen LogP contribution is 2.34. The van der Waals surface area contributed by atoms with Crippen LogP contribution in [0, 0.1) is 5.82 Å². The second-order valence-electron chi connectivity index (χ2n) is 7.13. The standard InChI is InChI=1S/C21H18ClF4N5O2S/c1-11(27-19(33)12-3-6-14(23)7-4-12)18-29-30-20(31(18)2)34-10-17(32)28-16-9-13(21(24,25)26)5-8-15(16)22/h3-9,11H,10H2,1-2H3,(H,27,33)(H,28,32). The number of aromatic nitrogens is 3. The third-order valence-electron chi connectivity index (χ3n) is 4.61. The second kappa shape index (κ2) is 10.4. The molecule has 0 spiro atoms. The average Bonchev–Trinajstić information content (AvgIpc) is 3.13. The number of nitrogens with one attached hydrogen (secondary N) is 2. The quantitative estimate of drug-likeness (QED) is 0.347. The molecule has 34 heavy (non-hydrogen) atoms. The zero-order valence-electron chi connectivity index (χ0n) is 17.8. The summed E-state index contributed by atoms with van der Waals surface area (Å²) in [4.78, 5) is 24.6. The van der Waals surface area contributed by atoms with E-state index in [0.29, 0.717) is 11.0 Å². The van der Waals surface area contributed by atoms with Crippen LogP contribution in [0.2, 0.25) is 5.02 Å². The third kappa shape index (κ3) is 6.26. The summed E-state index contributed by atoms with van der Waals surface area (Å²) in [5.41, 5.74) is -0.817. The molecule has 0 saturated heterocycles. The highest BCUT2D eigenvalue weighted by Gasteiger charge is 2.31. The van der Waals surface area contributed by atoms with E-state index in [2.05, 4.69) is 20.8 Å². The predicted octanol–water partition coefficient (Wildman–Crippen LogP) is 4.85. The van der Waals surface area contributed by atoms with E-state index < -0.39 is 35.4 Å². The van der Waals surface area contributed by atoms with E-state index >= 15 is 0 Å². The molecule has 0 aliphatic rings. The van der Waals surface area contributed by atoms with E-state index in [-0.39, 0.29) is 22.0 Å². The van der Waals surface area contributed by atoms with Crippen molar-refractivity contribution in [2.75, 3.05) is 11.1 Å². The highest BCUT2D eigenvalue weighted by atomic mass is 35.5. The van der Waals surface area contributed by atoms with Gasteiger partial charge in [0.05, 0.1) is 28.1 Å². The van der Waals surface area contributed by atoms with Crippen LogP contribution < -0.4 is 10.6 Å². The van der Waals surface area contributed by atoms with E-state index in [1.54, 1.807) is 18.5 Å². The fraction of sp³-hybridized carbons (Fsp3) is 0.238. The molecule has 2 N–H and O–H groups in total. The topological polar surface area (TPSA) is 88.9 Å². The van der Waals surface area contributed by atoms with Gasteiger partial charge in [-0.1, -0.05) is 23.4 Å². The Labute approximate surface area is 200 Å². The zero-order valence-corrected chi connectivity index (χ0v) is 19.4. The third-order valence-corrected chi connectivity index (χ3v) is 5.96. The lowest BCUT2D eigenvalue weighted by molar-refractivity contribution is -0.137. The Morgan fingerprint density at radius 2 is 1.82 bits per heavy atom. The number of hydrogen-bond donors (Lipinski definition) is 2. The Morgan fingerprint density at radius 1 is 1.15 bits per heavy atom. The minimum absolute atomic E-state index is 0.0296. The summed E-state index contributed by atoms with van der Waals surface area (Å²) in [6.07, 6.45) is -4.57. The van der Waals surface area contributed by atoms with E-state index in [4.69, 9.17) is 11.6 Å². The Morgan fingerprint density at radius 3 is 2.47 bits per heavy atom. The number of carbonyl (C=O) groups excluding carboxylic acids is 2. The molecule has 0 saturated carbocycles. The van der Waals surface area contributed by atoms with Gasteiger partial charge in [0.15, 0.2) is 11.0 Å². The molecule has 0 aliphatic carbocycles. The number of thioether (sulfide) groups is 1. The van der Waals surface area contributed by atoms with Gasteiger partial charge in [0.1, 0.15) is 5.82 Å². The van der Waals surface area contributed by atoms with Crippen LogP contribution >= 0.6 is 23.4 Å². The molecule has 1 unspecified atom stereocenters. The molecule has 0 radical (unpaired) electrons. The van der Waals surface area contributed by atoms with Gasteiger partial charge in [-0.3, -0.25) is 9.59 Å². The van der Waals surface area contributed by atoms with Crippen LogP contribution in [0.25, 0.3) is 0 Å². The number of nitrogens with zero attached hydrogens (tertiary/aromatic N) is 3. The Hall–Kier alpha value is -3.12. The van der Waals surface area contributed by atoms with Crippen LogP contribution in [-0.4, -0.2) is 32.3 Å². The van der Waals surface area contributed by atoms with Crippen molar-refractivity contribution in [2.45, 2.75) is 24.3 Å². The molecule has 1 aromatic heterocycles. The minimum atomic E-state index is -4.57. The van der Waals surface area contributed by atoms with Crippen LogP contribution in [0.4, 0.5) is 23.2 Å². The summed E-state index contributed by atoms with van der Waals surface area (Å²) in [5, 5.41) is 13.4. The fourth-order valence-corrected chi connectivity index (χ4v) is 3.77. The largest absolute Gasteiger partial charge is 0.416 e. The Bertz CT molecular complexity index is 1200. The monoisotopic (exact) mass is 515 g/mol. The number of halogens is 5. The van der Waals surface area contributed by atoms with Crippen LogP contribution in [0.3, 0.4) is 0 Å². The maximum atomic E-state index is 13.0. The molecule has 1 heterocycles. The lowest BCUT2D eigenvalue weighted by Gasteiger charge is -2.14. The molecule has 0 aliphatic heterocycles. The molecule has 13 heteroatoms. The number of benzene rings is 2. The van der Waals surface area contributed by atoms with Crippen molar-refractivity contribution in [1.82, 2.24) is 20.1 Å². The molecule has 1 atom stereocenters. The molecule has 180 valence electrons. The predicted molar refractivity (Wildman–Crippen MR) is 119 cm³/mol. The number of alkyl halides is 3. The molecule has 3 aromatic rings. The van der Waals surface area contributed by atoms with Gasteiger partial charge in [-0.15, -0.1) is 10.2 Å². The summed E-state index contributed by atoms with van der Waals surface area (Å²) < 4.78 is 53.3. The van der Waals surface area contributed by atoms with Gasteiger partial charge in [0.2, 0.25) is 5.91 Å². The van der Waals surface area contributed by atoms with E-state index in [9.17, 15) is 27.2 Å². The number of amides is 2. The Kier molecular flexibility index (Phi) is 7.82. The second-order valence-corrected chi connectivity index (χ2v) is 8.48. The Balaban J connectivity index is 1.60. The summed E-state index contributed by atoms with van der Waals surface area (Å²) in [6, 6.07) is 7.14. The van der Waals surface area contributed by atoms with Crippen molar-refractivity contribution < 1.29 is 27.2 Å². The molecule has 2 aromatic carbocycles. The number of carbonyl (C=O) groups is 2. The number of anilines is 1. The van der Waals surface area contributed by atoms with Gasteiger partial charge in [-0.2, -0.15) is 13.2 Å². The normalized spacial score (nSPS) is 12.3. The smallest absolute Gasteiger partial charge is 0.342 e. The lowest BCUT2D eigenvalue weighted by Crippen LogP contribution is -2.28. The van der Waals surface area contributed by atoms with Crippen molar-refractivity contribution in [3.8, 4) is 0 Å². The fourth-order valence-electron chi connectivity index (χ4n) is 2.89. The summed E-state index contributed by atoms with van der Waals surface area (Å²) in [7, 11) is 1.64. The van der Waals surface area contributed by atoms with Gasteiger partial charge in [-0.05, 0) is 49.4 Å². The van der Waals surface area contributed by atoms with Gasteiger partial charge < -0.3 is 15.2 Å². The van der Waals surface area contributed by atoms with Crippen LogP contribution in [0.5, 0.6) is 0 Å². The summed E-state index contributed by atoms with van der Waals surface area (Å²) in [6.45, 7) is 1.68. The minimum Gasteiger partial charge on any atom is -0.342 e. The van der Waals surface area contributed by atoms with Crippen molar-refractivity contribution >= 4 is 40.9 Å². The lowest BCUT2D eigenvalue weighted by atomic mass is 10.2. The summed E-state index contributed by atoms with van der Waals surface area (Å²) in [5.74, 6) is -1.25. The molecule has 3 rings (SSSR count). The van der Waals surface area contributed by atoms with Crippen molar-refractivity contribution in [3.63, 3.8) is 0 Å². The maximum absolute atomic E-state index is 13.0. The van der Waals surface area contributed by atoms with Gasteiger partial charge in [-0.25, -0.2) is 4.39 Å². The van der Waals surface area contributed by atoms with Crippen LogP contribution in [0.1, 0.15) is 34.7 Å². The first-order chi connectivity index (χ1) is 16.0. The van der Waals surface area contributed by atoms with Crippen molar-refractivity contribution in [2.24, 2.45) is 7.05 Å². The summed E-state index contributed by atoms with van der Waals surface area (Å²) >= 11 is 6.90. The van der Waals surface area contributed by atoms with Gasteiger partial charge in [0.25, 0.3) is 5.91 Å². The maximum Gasteiger partial charge on any atom is 0.416 e. The molecule has 7 nitrogen and oxygen atoms in total. The molecule has 2 amide bonds. The number of hydrogen-bond acceptors (Lipinski definition) is 5. The number of rotatable bonds is 7. The van der Waals surface area contributed by atoms with E-state index in [0.717, 1.165) is 30.0 Å². The first-order valence-electron chi connectivity index (χ1n) is 9.71. The van der Waals surface area contributed by atoms with E-state index in [1.807, 2.05) is 0 Å².